The minimum Gasteiger partial charge on any atom is -0.497 e. The Balaban J connectivity index is 1.82. The van der Waals surface area contributed by atoms with E-state index >= 15 is 0 Å². The van der Waals surface area contributed by atoms with Gasteiger partial charge in [-0.1, -0.05) is 24.0 Å². The first-order valence-electron chi connectivity index (χ1n) is 7.87. The fourth-order valence-corrected chi connectivity index (χ4v) is 3.46. The lowest BCUT2D eigenvalue weighted by Gasteiger charge is -2.36. The highest BCUT2D eigenvalue weighted by molar-refractivity contribution is 8.22. The third-order valence-electron chi connectivity index (χ3n) is 3.45. The molecule has 0 N–H and O–H groups in total. The van der Waals surface area contributed by atoms with Gasteiger partial charge in [0.2, 0.25) is 0 Å². The molecule has 1 aliphatic heterocycles. The number of amides is 1. The molecule has 7 heteroatoms. The maximum absolute atomic E-state index is 12.1. The van der Waals surface area contributed by atoms with Gasteiger partial charge in [-0.25, -0.2) is 4.79 Å². The van der Waals surface area contributed by atoms with E-state index < -0.39 is 5.60 Å². The number of rotatable bonds is 2. The standard InChI is InChI=1S/C17H24N2O3S2/c1-17(2,3)22-15(20)18-9-11-19(12-10-18)16(23)24-14-7-5-13(21-4)6-8-14/h5-8H,9-12H2,1-4H3. The molecule has 0 spiro atoms. The number of ether oxygens (including phenoxy) is 2. The van der Waals surface area contributed by atoms with Crippen LogP contribution in [0.2, 0.25) is 0 Å². The topological polar surface area (TPSA) is 42.0 Å². The first kappa shape index (κ1) is 18.9. The van der Waals surface area contributed by atoms with Gasteiger partial charge >= 0.3 is 6.09 Å². The van der Waals surface area contributed by atoms with Gasteiger partial charge in [0.1, 0.15) is 15.7 Å². The highest BCUT2D eigenvalue weighted by Gasteiger charge is 2.26. The molecule has 0 unspecified atom stereocenters. The van der Waals surface area contributed by atoms with Crippen molar-refractivity contribution in [3.63, 3.8) is 0 Å². The Hall–Kier alpha value is -1.47. The number of methoxy groups -OCH3 is 1. The van der Waals surface area contributed by atoms with Crippen molar-refractivity contribution in [2.75, 3.05) is 33.3 Å². The van der Waals surface area contributed by atoms with Gasteiger partial charge < -0.3 is 19.3 Å². The van der Waals surface area contributed by atoms with Gasteiger partial charge in [-0.15, -0.1) is 0 Å². The number of nitrogens with zero attached hydrogens (tertiary/aromatic N) is 2. The molecule has 0 aromatic heterocycles. The summed E-state index contributed by atoms with van der Waals surface area (Å²) >= 11 is 7.09. The third-order valence-corrected chi connectivity index (χ3v) is 4.90. The first-order valence-corrected chi connectivity index (χ1v) is 9.10. The lowest BCUT2D eigenvalue weighted by atomic mass is 10.2. The number of thioether (sulfide) groups is 1. The zero-order valence-electron chi connectivity index (χ0n) is 14.6. The summed E-state index contributed by atoms with van der Waals surface area (Å²) in [5.41, 5.74) is -0.465. The summed E-state index contributed by atoms with van der Waals surface area (Å²) in [6.45, 7) is 8.32. The monoisotopic (exact) mass is 368 g/mol. The van der Waals surface area contributed by atoms with E-state index in [1.807, 2.05) is 45.0 Å². The molecule has 1 aromatic carbocycles. The molecule has 1 aromatic rings. The van der Waals surface area contributed by atoms with Gasteiger partial charge in [0.25, 0.3) is 0 Å². The Bertz CT molecular complexity index is 576. The van der Waals surface area contributed by atoms with Crippen LogP contribution in [0.4, 0.5) is 4.79 Å². The second kappa shape index (κ2) is 8.07. The molecule has 1 heterocycles. The maximum Gasteiger partial charge on any atom is 0.410 e. The minimum atomic E-state index is -0.465. The lowest BCUT2D eigenvalue weighted by Crippen LogP contribution is -2.50. The second-order valence-corrected chi connectivity index (χ2v) is 8.21. The number of carbonyl (C=O) groups is 1. The molecule has 1 amide bonds. The zero-order valence-corrected chi connectivity index (χ0v) is 16.2. The van der Waals surface area contributed by atoms with E-state index in [4.69, 9.17) is 21.7 Å². The summed E-state index contributed by atoms with van der Waals surface area (Å²) in [6.07, 6.45) is -0.254. The molecule has 0 saturated carbocycles. The summed E-state index contributed by atoms with van der Waals surface area (Å²) in [4.78, 5) is 17.0. The Labute approximate surface area is 153 Å². The molecule has 0 aliphatic carbocycles. The van der Waals surface area contributed by atoms with Crippen molar-refractivity contribution in [1.29, 1.82) is 0 Å². The molecule has 2 rings (SSSR count). The Morgan fingerprint density at radius 1 is 1.08 bits per heavy atom. The van der Waals surface area contributed by atoms with E-state index in [1.165, 1.54) is 0 Å². The SMILES string of the molecule is COc1ccc(SC(=S)N2CCN(C(=O)OC(C)(C)C)CC2)cc1. The van der Waals surface area contributed by atoms with Crippen molar-refractivity contribution < 1.29 is 14.3 Å². The predicted octanol–water partition coefficient (Wildman–Crippen LogP) is 3.62. The molecular formula is C17H24N2O3S2. The molecule has 1 aliphatic rings. The largest absolute Gasteiger partial charge is 0.497 e. The van der Waals surface area contributed by atoms with E-state index in [2.05, 4.69) is 4.90 Å². The van der Waals surface area contributed by atoms with Crippen LogP contribution in [0.3, 0.4) is 0 Å². The summed E-state index contributed by atoms with van der Waals surface area (Å²) in [7, 11) is 1.65. The van der Waals surface area contributed by atoms with Crippen LogP contribution >= 0.6 is 24.0 Å². The van der Waals surface area contributed by atoms with Crippen LogP contribution in [0.5, 0.6) is 5.75 Å². The molecule has 0 bridgehead atoms. The molecule has 1 fully saturated rings. The van der Waals surface area contributed by atoms with Crippen LogP contribution in [-0.4, -0.2) is 59.1 Å². The number of piperazine rings is 1. The number of hydrogen-bond donors (Lipinski definition) is 0. The molecule has 0 atom stereocenters. The van der Waals surface area contributed by atoms with Crippen LogP contribution in [0.15, 0.2) is 29.2 Å². The van der Waals surface area contributed by atoms with E-state index in [-0.39, 0.29) is 6.09 Å². The number of hydrogen-bond acceptors (Lipinski definition) is 5. The van der Waals surface area contributed by atoms with Gasteiger partial charge in [-0.2, -0.15) is 0 Å². The average molecular weight is 369 g/mol. The Kier molecular flexibility index (Phi) is 6.34. The third kappa shape index (κ3) is 5.56. The fourth-order valence-electron chi connectivity index (χ4n) is 2.21. The van der Waals surface area contributed by atoms with Crippen LogP contribution in [-0.2, 0) is 4.74 Å². The highest BCUT2D eigenvalue weighted by atomic mass is 32.2. The van der Waals surface area contributed by atoms with Crippen LogP contribution < -0.4 is 4.74 Å². The maximum atomic E-state index is 12.1. The van der Waals surface area contributed by atoms with Crippen molar-refractivity contribution in [1.82, 2.24) is 9.80 Å². The molecule has 24 heavy (non-hydrogen) atoms. The van der Waals surface area contributed by atoms with Gasteiger partial charge in [0, 0.05) is 31.1 Å². The van der Waals surface area contributed by atoms with E-state index in [9.17, 15) is 4.79 Å². The van der Waals surface area contributed by atoms with Crippen LogP contribution in [0, 0.1) is 0 Å². The Morgan fingerprint density at radius 3 is 2.12 bits per heavy atom. The van der Waals surface area contributed by atoms with Crippen LogP contribution in [0.25, 0.3) is 0 Å². The molecule has 132 valence electrons. The average Bonchev–Trinajstić information content (AvgIpc) is 2.54. The molecule has 0 radical (unpaired) electrons. The number of carbonyl (C=O) groups excluding carboxylic acids is 1. The zero-order chi connectivity index (χ0) is 17.7. The van der Waals surface area contributed by atoms with Crippen molar-refractivity contribution in [3.05, 3.63) is 24.3 Å². The van der Waals surface area contributed by atoms with Crippen LogP contribution in [0.1, 0.15) is 20.8 Å². The first-order chi connectivity index (χ1) is 11.3. The molecule has 5 nitrogen and oxygen atoms in total. The van der Waals surface area contributed by atoms with Crippen molar-refractivity contribution >= 4 is 34.4 Å². The van der Waals surface area contributed by atoms with Gasteiger partial charge in [-0.05, 0) is 45.0 Å². The normalized spacial score (nSPS) is 15.2. The molecule has 1 saturated heterocycles. The quantitative estimate of drug-likeness (QED) is 0.587. The van der Waals surface area contributed by atoms with Gasteiger partial charge in [0.15, 0.2) is 0 Å². The fraction of sp³-hybridized carbons (Fsp3) is 0.529. The van der Waals surface area contributed by atoms with Gasteiger partial charge in [0.05, 0.1) is 7.11 Å². The summed E-state index contributed by atoms with van der Waals surface area (Å²) in [5.74, 6) is 0.830. The lowest BCUT2D eigenvalue weighted by molar-refractivity contribution is 0.0189. The van der Waals surface area contributed by atoms with Gasteiger partial charge in [-0.3, -0.25) is 0 Å². The Morgan fingerprint density at radius 2 is 1.62 bits per heavy atom. The summed E-state index contributed by atoms with van der Waals surface area (Å²) < 4.78 is 11.4. The predicted molar refractivity (Wildman–Crippen MR) is 101 cm³/mol. The van der Waals surface area contributed by atoms with Crippen molar-refractivity contribution in [3.8, 4) is 5.75 Å². The van der Waals surface area contributed by atoms with E-state index in [1.54, 1.807) is 23.8 Å². The van der Waals surface area contributed by atoms with Crippen molar-refractivity contribution in [2.45, 2.75) is 31.3 Å². The highest BCUT2D eigenvalue weighted by Crippen LogP contribution is 2.25. The van der Waals surface area contributed by atoms with Crippen molar-refractivity contribution in [2.24, 2.45) is 0 Å². The number of benzene rings is 1. The second-order valence-electron chi connectivity index (χ2n) is 6.50. The summed E-state index contributed by atoms with van der Waals surface area (Å²) in [5, 5.41) is 0. The molecular weight excluding hydrogens is 344 g/mol. The van der Waals surface area contributed by atoms with E-state index in [0.717, 1.165) is 28.1 Å². The summed E-state index contributed by atoms with van der Waals surface area (Å²) in [6, 6.07) is 7.83. The minimum absolute atomic E-state index is 0.254. The van der Waals surface area contributed by atoms with E-state index in [0.29, 0.717) is 13.1 Å². The smallest absolute Gasteiger partial charge is 0.410 e. The number of thiocarbonyl (C=S) groups is 1.